The van der Waals surface area contributed by atoms with Crippen LogP contribution in [0.4, 0.5) is 0 Å². The van der Waals surface area contributed by atoms with Crippen molar-refractivity contribution in [2.75, 3.05) is 13.1 Å². The number of aliphatic hydroxyl groups is 1. The Morgan fingerprint density at radius 2 is 1.64 bits per heavy atom. The van der Waals surface area contributed by atoms with E-state index in [0.29, 0.717) is 18.1 Å². The van der Waals surface area contributed by atoms with E-state index >= 15 is 0 Å². The van der Waals surface area contributed by atoms with Crippen molar-refractivity contribution < 1.29 is 19.4 Å². The molecule has 0 radical (unpaired) electrons. The SMILES string of the molecule is C=CCN(C[C@@H]1C[C@H](c2ccc(CO)cc2)O[C@H](c2cccc(-c3cccc(CNC(=O)c4cnc5ccccc5n4)c3)c2)O1)C1CCCC1. The maximum Gasteiger partial charge on any atom is 0.271 e. The molecule has 0 unspecified atom stereocenters. The van der Waals surface area contributed by atoms with Crippen molar-refractivity contribution in [3.05, 3.63) is 144 Å². The fourth-order valence-electron chi connectivity index (χ4n) is 7.17. The lowest BCUT2D eigenvalue weighted by atomic mass is 9.98. The number of hydrogen-bond donors (Lipinski definition) is 2. The zero-order chi connectivity index (χ0) is 34.3. The van der Waals surface area contributed by atoms with Gasteiger partial charge < -0.3 is 19.9 Å². The minimum Gasteiger partial charge on any atom is -0.392 e. The summed E-state index contributed by atoms with van der Waals surface area (Å²) in [6.45, 7) is 6.07. The van der Waals surface area contributed by atoms with E-state index in [0.717, 1.165) is 58.4 Å². The third-order valence-corrected chi connectivity index (χ3v) is 9.81. The van der Waals surface area contributed by atoms with Crippen molar-refractivity contribution in [2.45, 2.75) is 69.8 Å². The summed E-state index contributed by atoms with van der Waals surface area (Å²) in [5, 5.41) is 12.6. The summed E-state index contributed by atoms with van der Waals surface area (Å²) in [6, 6.07) is 32.6. The van der Waals surface area contributed by atoms with Gasteiger partial charge in [-0.05, 0) is 64.9 Å². The minimum absolute atomic E-state index is 0.0115. The molecular weight excluding hydrogens is 624 g/mol. The summed E-state index contributed by atoms with van der Waals surface area (Å²) < 4.78 is 13.5. The van der Waals surface area contributed by atoms with Crippen LogP contribution in [0.15, 0.2) is 116 Å². The van der Waals surface area contributed by atoms with Gasteiger partial charge in [0.2, 0.25) is 0 Å². The van der Waals surface area contributed by atoms with Crippen molar-refractivity contribution in [1.82, 2.24) is 20.2 Å². The Labute approximate surface area is 293 Å². The molecule has 2 heterocycles. The molecule has 1 amide bonds. The van der Waals surface area contributed by atoms with E-state index in [9.17, 15) is 9.90 Å². The number of rotatable bonds is 12. The number of amides is 1. The summed E-state index contributed by atoms with van der Waals surface area (Å²) in [5.74, 6) is -0.267. The van der Waals surface area contributed by atoms with Crippen LogP contribution in [-0.2, 0) is 22.6 Å². The normalized spacial score (nSPS) is 19.5. The average molecular weight is 669 g/mol. The van der Waals surface area contributed by atoms with E-state index in [-0.39, 0.29) is 30.4 Å². The summed E-state index contributed by atoms with van der Waals surface area (Å²) in [6.07, 6.45) is 8.51. The first-order valence-corrected chi connectivity index (χ1v) is 17.6. The molecule has 1 aliphatic heterocycles. The predicted molar refractivity (Wildman–Crippen MR) is 195 cm³/mol. The summed E-state index contributed by atoms with van der Waals surface area (Å²) in [7, 11) is 0. The standard InChI is InChI=1S/C42H44N4O4/c1-2-21-46(35-13-3-4-14-35)27-36-24-40(31-19-17-29(28-47)18-20-31)50-42(49-36)34-12-8-11-33(23-34)32-10-7-9-30(22-32)25-44-41(48)39-26-43-37-15-5-6-16-38(37)45-39/h2,5-12,15-20,22-23,26,35-36,40,42,47H,1,3-4,13-14,21,24-25,27-28H2,(H,44,48)/t36-,40+,42+/m0/s1. The highest BCUT2D eigenvalue weighted by atomic mass is 16.7. The van der Waals surface area contributed by atoms with Gasteiger partial charge in [0.25, 0.3) is 5.91 Å². The van der Waals surface area contributed by atoms with Gasteiger partial charge >= 0.3 is 0 Å². The molecule has 1 aromatic heterocycles. The van der Waals surface area contributed by atoms with Gasteiger partial charge in [-0.1, -0.05) is 91.7 Å². The van der Waals surface area contributed by atoms with Gasteiger partial charge in [-0.15, -0.1) is 6.58 Å². The summed E-state index contributed by atoms with van der Waals surface area (Å²) in [5.41, 5.74) is 7.69. The highest BCUT2D eigenvalue weighted by Gasteiger charge is 2.34. The van der Waals surface area contributed by atoms with Crippen LogP contribution in [0.3, 0.4) is 0 Å². The van der Waals surface area contributed by atoms with Gasteiger partial charge in [0.15, 0.2) is 6.29 Å². The number of nitrogens with one attached hydrogen (secondary N) is 1. The lowest BCUT2D eigenvalue weighted by Crippen LogP contribution is -2.43. The molecule has 2 N–H and O–H groups in total. The number of hydrogen-bond acceptors (Lipinski definition) is 7. The van der Waals surface area contributed by atoms with Gasteiger partial charge in [0, 0.05) is 37.7 Å². The molecule has 7 rings (SSSR count). The quantitative estimate of drug-likeness (QED) is 0.132. The molecule has 256 valence electrons. The molecule has 1 saturated heterocycles. The van der Waals surface area contributed by atoms with Gasteiger partial charge in [-0.2, -0.15) is 0 Å². The molecule has 0 bridgehead atoms. The van der Waals surface area contributed by atoms with E-state index in [4.69, 9.17) is 9.47 Å². The fourth-order valence-corrected chi connectivity index (χ4v) is 7.17. The Hall–Kier alpha value is -4.73. The number of nitrogens with zero attached hydrogens (tertiary/aromatic N) is 3. The molecule has 2 aliphatic rings. The lowest BCUT2D eigenvalue weighted by Gasteiger charge is -2.39. The molecule has 2 fully saturated rings. The molecular formula is C42H44N4O4. The summed E-state index contributed by atoms with van der Waals surface area (Å²) in [4.78, 5) is 24.3. The van der Waals surface area contributed by atoms with Gasteiger partial charge in [0.05, 0.1) is 36.0 Å². The monoisotopic (exact) mass is 668 g/mol. The maximum absolute atomic E-state index is 12.9. The maximum atomic E-state index is 12.9. The second kappa shape index (κ2) is 15.9. The number of ether oxygens (including phenoxy) is 2. The topological polar surface area (TPSA) is 96.8 Å². The zero-order valence-electron chi connectivity index (χ0n) is 28.3. The largest absolute Gasteiger partial charge is 0.392 e. The molecule has 1 saturated carbocycles. The first-order chi connectivity index (χ1) is 24.6. The highest BCUT2D eigenvalue weighted by molar-refractivity contribution is 5.93. The Morgan fingerprint density at radius 1 is 0.880 bits per heavy atom. The molecule has 1 aliphatic carbocycles. The minimum atomic E-state index is -0.545. The zero-order valence-corrected chi connectivity index (χ0v) is 28.3. The van der Waals surface area contributed by atoms with E-state index in [1.165, 1.54) is 31.9 Å². The predicted octanol–water partition coefficient (Wildman–Crippen LogP) is 7.70. The van der Waals surface area contributed by atoms with Crippen LogP contribution >= 0.6 is 0 Å². The fraction of sp³-hybridized carbons (Fsp3) is 0.310. The molecule has 8 heteroatoms. The number of aromatic nitrogens is 2. The van der Waals surface area contributed by atoms with Crippen LogP contribution in [0.5, 0.6) is 0 Å². The van der Waals surface area contributed by atoms with Crippen LogP contribution in [0.2, 0.25) is 0 Å². The molecule has 5 aromatic rings. The van der Waals surface area contributed by atoms with Crippen molar-refractivity contribution in [3.8, 4) is 11.1 Å². The van der Waals surface area contributed by atoms with Crippen LogP contribution in [0.1, 0.15) is 77.2 Å². The van der Waals surface area contributed by atoms with E-state index < -0.39 is 6.29 Å². The van der Waals surface area contributed by atoms with Crippen molar-refractivity contribution in [3.63, 3.8) is 0 Å². The Bertz CT molecular complexity index is 1920. The molecule has 0 spiro atoms. The van der Waals surface area contributed by atoms with Crippen LogP contribution in [-0.4, -0.2) is 51.1 Å². The van der Waals surface area contributed by atoms with Gasteiger partial charge in [0.1, 0.15) is 5.69 Å². The molecule has 3 atom stereocenters. The van der Waals surface area contributed by atoms with E-state index in [1.807, 2.05) is 60.7 Å². The van der Waals surface area contributed by atoms with Crippen LogP contribution in [0.25, 0.3) is 22.2 Å². The first kappa shape index (κ1) is 33.8. The number of carbonyl (C=O) groups excluding carboxylic acids is 1. The molecule has 50 heavy (non-hydrogen) atoms. The highest BCUT2D eigenvalue weighted by Crippen LogP contribution is 2.39. The van der Waals surface area contributed by atoms with Crippen molar-refractivity contribution in [2.24, 2.45) is 0 Å². The smallest absolute Gasteiger partial charge is 0.271 e. The lowest BCUT2D eigenvalue weighted by molar-refractivity contribution is -0.253. The number of fused-ring (bicyclic) bond motifs is 1. The van der Waals surface area contributed by atoms with Crippen LogP contribution in [0, 0.1) is 0 Å². The first-order valence-electron chi connectivity index (χ1n) is 17.6. The van der Waals surface area contributed by atoms with Gasteiger partial charge in [-0.25, -0.2) is 4.98 Å². The third kappa shape index (κ3) is 8.01. The Kier molecular flexibility index (Phi) is 10.7. The van der Waals surface area contributed by atoms with Gasteiger partial charge in [-0.3, -0.25) is 14.7 Å². The van der Waals surface area contributed by atoms with E-state index in [1.54, 1.807) is 0 Å². The molecule has 4 aromatic carbocycles. The number of aliphatic hydroxyl groups excluding tert-OH is 1. The number of carbonyl (C=O) groups is 1. The van der Waals surface area contributed by atoms with E-state index in [2.05, 4.69) is 69.2 Å². The number of benzene rings is 4. The third-order valence-electron chi connectivity index (χ3n) is 9.81. The second-order valence-corrected chi connectivity index (χ2v) is 13.3. The van der Waals surface area contributed by atoms with Crippen molar-refractivity contribution >= 4 is 16.9 Å². The number of para-hydroxylation sites is 2. The Morgan fingerprint density at radius 3 is 2.42 bits per heavy atom. The second-order valence-electron chi connectivity index (χ2n) is 13.3. The van der Waals surface area contributed by atoms with Crippen LogP contribution < -0.4 is 5.32 Å². The Balaban J connectivity index is 1.08. The van der Waals surface area contributed by atoms with Crippen molar-refractivity contribution in [1.29, 1.82) is 0 Å². The molecule has 8 nitrogen and oxygen atoms in total. The summed E-state index contributed by atoms with van der Waals surface area (Å²) >= 11 is 0. The average Bonchev–Trinajstić information content (AvgIpc) is 3.72.